The van der Waals surface area contributed by atoms with E-state index in [1.165, 1.54) is 11.8 Å². The van der Waals surface area contributed by atoms with E-state index in [4.69, 9.17) is 11.6 Å². The lowest BCUT2D eigenvalue weighted by atomic mass is 10.2. The van der Waals surface area contributed by atoms with Gasteiger partial charge in [0.05, 0.1) is 16.6 Å². The molecule has 3 aromatic carbocycles. The van der Waals surface area contributed by atoms with Crippen LogP contribution in [0.25, 0.3) is 22.1 Å². The number of aromatic amines is 1. The number of nitrogens with one attached hydrogen (secondary N) is 1. The molecule has 0 saturated heterocycles. The van der Waals surface area contributed by atoms with Crippen LogP contribution in [-0.2, 0) is 4.79 Å². The molecule has 0 bridgehead atoms. The number of anilines is 2. The third-order valence-corrected chi connectivity index (χ3v) is 8.27. The highest BCUT2D eigenvalue weighted by molar-refractivity contribution is 8.00. The molecule has 34 heavy (non-hydrogen) atoms. The fourth-order valence-electron chi connectivity index (χ4n) is 4.10. The van der Waals surface area contributed by atoms with Crippen molar-refractivity contribution in [2.75, 3.05) is 4.90 Å². The number of carbonyl (C=O) groups is 1. The largest absolute Gasteiger partial charge is 0.338 e. The maximum Gasteiger partial charge on any atom is 0.245 e. The molecular formula is C25H18ClN5OS2. The molecule has 9 heteroatoms. The number of thioether (sulfide) groups is 1. The first-order chi connectivity index (χ1) is 16.6. The smallest absolute Gasteiger partial charge is 0.245 e. The predicted molar refractivity (Wildman–Crippen MR) is 138 cm³/mol. The molecule has 1 aliphatic heterocycles. The van der Waals surface area contributed by atoms with E-state index in [0.717, 1.165) is 37.6 Å². The fraction of sp³-hybridized carbons (Fsp3) is 0.120. The molecule has 1 unspecified atom stereocenters. The van der Waals surface area contributed by atoms with Crippen LogP contribution in [0.15, 0.2) is 81.7 Å². The number of nitrogens with zero attached hydrogens (tertiary/aromatic N) is 4. The highest BCUT2D eigenvalue weighted by Gasteiger charge is 2.33. The van der Waals surface area contributed by atoms with Crippen LogP contribution in [0.1, 0.15) is 13.3 Å². The molecule has 1 amide bonds. The third-order valence-electron chi connectivity index (χ3n) is 5.70. The van der Waals surface area contributed by atoms with Crippen LogP contribution in [0.5, 0.6) is 0 Å². The Balaban J connectivity index is 1.37. The molecule has 1 N–H and O–H groups in total. The van der Waals surface area contributed by atoms with Crippen molar-refractivity contribution in [1.82, 2.24) is 20.2 Å². The zero-order valence-corrected chi connectivity index (χ0v) is 20.4. The quantitative estimate of drug-likeness (QED) is 0.270. The normalized spacial score (nSPS) is 13.6. The Morgan fingerprint density at radius 3 is 2.74 bits per heavy atom. The molecule has 0 aliphatic carbocycles. The van der Waals surface area contributed by atoms with Crippen molar-refractivity contribution in [1.29, 1.82) is 0 Å². The summed E-state index contributed by atoms with van der Waals surface area (Å²) in [6.45, 7) is 1.99. The summed E-state index contributed by atoms with van der Waals surface area (Å²) in [6.07, 6.45) is 0.610. The summed E-state index contributed by atoms with van der Waals surface area (Å²) in [5, 5.41) is 10.4. The fourth-order valence-corrected chi connectivity index (χ4v) is 6.16. The maximum absolute atomic E-state index is 13.9. The second kappa shape index (κ2) is 8.61. The van der Waals surface area contributed by atoms with Gasteiger partial charge in [0.2, 0.25) is 11.1 Å². The van der Waals surface area contributed by atoms with Crippen molar-refractivity contribution in [3.8, 4) is 0 Å². The van der Waals surface area contributed by atoms with E-state index in [1.54, 1.807) is 16.7 Å². The molecule has 168 valence electrons. The van der Waals surface area contributed by atoms with Gasteiger partial charge in [-0.15, -0.1) is 10.2 Å². The van der Waals surface area contributed by atoms with Gasteiger partial charge in [0.1, 0.15) is 5.52 Å². The number of hydrogen-bond acceptors (Lipinski definition) is 6. The van der Waals surface area contributed by atoms with Crippen LogP contribution >= 0.6 is 35.1 Å². The number of benzene rings is 3. The van der Waals surface area contributed by atoms with E-state index in [1.807, 2.05) is 73.7 Å². The lowest BCUT2D eigenvalue weighted by Crippen LogP contribution is -2.35. The van der Waals surface area contributed by atoms with Crippen molar-refractivity contribution in [2.45, 2.75) is 33.5 Å². The standard InChI is InChI=1S/C25H18ClN5OS2/c1-2-19(34-25-28-23-22(29-30-25)15-7-3-4-8-16(15)27-23)24(32)31-17-9-5-6-10-20(17)33-21-12-11-14(26)13-18(21)31/h3-13,19H,2H2,1H3,(H,27,28,30). The Bertz CT molecular complexity index is 1570. The van der Waals surface area contributed by atoms with Crippen molar-refractivity contribution in [3.63, 3.8) is 0 Å². The molecule has 0 radical (unpaired) electrons. The van der Waals surface area contributed by atoms with Gasteiger partial charge in [0.25, 0.3) is 0 Å². The molecular weight excluding hydrogens is 486 g/mol. The van der Waals surface area contributed by atoms with Gasteiger partial charge in [0, 0.05) is 25.7 Å². The molecule has 1 atom stereocenters. The monoisotopic (exact) mass is 503 g/mol. The first kappa shape index (κ1) is 21.5. The Morgan fingerprint density at radius 2 is 1.85 bits per heavy atom. The Kier molecular flexibility index (Phi) is 5.44. The number of hydrogen-bond donors (Lipinski definition) is 1. The van der Waals surface area contributed by atoms with Gasteiger partial charge < -0.3 is 4.98 Å². The summed E-state index contributed by atoms with van der Waals surface area (Å²) in [5.74, 6) is -0.0379. The van der Waals surface area contributed by atoms with E-state index in [2.05, 4.69) is 20.2 Å². The molecule has 3 heterocycles. The van der Waals surface area contributed by atoms with Gasteiger partial charge in [-0.05, 0) is 42.8 Å². The van der Waals surface area contributed by atoms with E-state index >= 15 is 0 Å². The minimum atomic E-state index is -0.397. The van der Waals surface area contributed by atoms with E-state index < -0.39 is 5.25 Å². The average Bonchev–Trinajstić information content (AvgIpc) is 3.23. The van der Waals surface area contributed by atoms with Gasteiger partial charge >= 0.3 is 0 Å². The van der Waals surface area contributed by atoms with Gasteiger partial charge in [0.15, 0.2) is 5.65 Å². The highest BCUT2D eigenvalue weighted by atomic mass is 35.5. The number of aromatic nitrogens is 4. The second-order valence-corrected chi connectivity index (χ2v) is 10.5. The van der Waals surface area contributed by atoms with Crippen LogP contribution in [0.2, 0.25) is 5.02 Å². The van der Waals surface area contributed by atoms with E-state index in [9.17, 15) is 4.79 Å². The van der Waals surface area contributed by atoms with Crippen LogP contribution in [0, 0.1) is 0 Å². The molecule has 0 saturated carbocycles. The van der Waals surface area contributed by atoms with Gasteiger partial charge in [-0.3, -0.25) is 9.69 Å². The molecule has 5 aromatic rings. The number of rotatable bonds is 4. The SMILES string of the molecule is CCC(Sc1nnc2c(n1)[nH]c1ccccc12)C(=O)N1c2ccccc2Sc2ccc(Cl)cc21. The predicted octanol–water partition coefficient (Wildman–Crippen LogP) is 6.86. The maximum atomic E-state index is 13.9. The van der Waals surface area contributed by atoms with E-state index in [-0.39, 0.29) is 5.91 Å². The first-order valence-corrected chi connectivity index (χ1v) is 12.9. The highest BCUT2D eigenvalue weighted by Crippen LogP contribution is 2.49. The molecule has 2 aromatic heterocycles. The van der Waals surface area contributed by atoms with Crippen LogP contribution in [0.4, 0.5) is 11.4 Å². The Labute approximate surface area is 209 Å². The topological polar surface area (TPSA) is 74.8 Å². The molecule has 0 fully saturated rings. The summed E-state index contributed by atoms with van der Waals surface area (Å²) in [4.78, 5) is 25.7. The third kappa shape index (κ3) is 3.62. The molecule has 6 nitrogen and oxygen atoms in total. The summed E-state index contributed by atoms with van der Waals surface area (Å²) in [5.41, 5.74) is 4.00. The molecule has 0 spiro atoms. The first-order valence-electron chi connectivity index (χ1n) is 10.8. The van der Waals surface area contributed by atoms with Crippen LogP contribution < -0.4 is 4.90 Å². The zero-order chi connectivity index (χ0) is 23.2. The number of amides is 1. The minimum absolute atomic E-state index is 0.0379. The Hall–Kier alpha value is -3.07. The number of para-hydroxylation sites is 2. The lowest BCUT2D eigenvalue weighted by Gasteiger charge is -2.33. The van der Waals surface area contributed by atoms with Gasteiger partial charge in [-0.2, -0.15) is 0 Å². The average molecular weight is 504 g/mol. The molecule has 6 rings (SSSR count). The number of H-pyrrole nitrogens is 1. The number of carbonyl (C=O) groups excluding carboxylic acids is 1. The summed E-state index contributed by atoms with van der Waals surface area (Å²) in [7, 11) is 0. The number of halogens is 1. The zero-order valence-electron chi connectivity index (χ0n) is 18.0. The summed E-state index contributed by atoms with van der Waals surface area (Å²) in [6, 6.07) is 21.5. The second-order valence-electron chi connectivity index (χ2n) is 7.83. The number of fused-ring (bicyclic) bond motifs is 5. The molecule has 1 aliphatic rings. The van der Waals surface area contributed by atoms with Gasteiger partial charge in [-0.1, -0.05) is 72.4 Å². The lowest BCUT2D eigenvalue weighted by molar-refractivity contribution is -0.117. The van der Waals surface area contributed by atoms with Crippen LogP contribution in [-0.4, -0.2) is 31.3 Å². The van der Waals surface area contributed by atoms with Crippen molar-refractivity contribution in [3.05, 3.63) is 71.8 Å². The summed E-state index contributed by atoms with van der Waals surface area (Å²) < 4.78 is 0. The van der Waals surface area contributed by atoms with Crippen molar-refractivity contribution < 1.29 is 4.79 Å². The van der Waals surface area contributed by atoms with Crippen molar-refractivity contribution in [2.24, 2.45) is 0 Å². The Morgan fingerprint density at radius 1 is 1.06 bits per heavy atom. The van der Waals surface area contributed by atoms with Crippen LogP contribution in [0.3, 0.4) is 0 Å². The van der Waals surface area contributed by atoms with Crippen molar-refractivity contribution >= 4 is 74.5 Å². The van der Waals surface area contributed by atoms with Gasteiger partial charge in [-0.25, -0.2) is 4.98 Å². The summed E-state index contributed by atoms with van der Waals surface area (Å²) >= 11 is 9.30. The van der Waals surface area contributed by atoms with E-state index in [0.29, 0.717) is 22.2 Å². The minimum Gasteiger partial charge on any atom is -0.338 e.